The molecule has 1 saturated heterocycles. The Morgan fingerprint density at radius 3 is 2.44 bits per heavy atom. The molecule has 1 fully saturated rings. The van der Waals surface area contributed by atoms with Gasteiger partial charge in [0.05, 0.1) is 0 Å². The summed E-state index contributed by atoms with van der Waals surface area (Å²) in [5.74, 6) is 0.447. The molecule has 0 bridgehead atoms. The van der Waals surface area contributed by atoms with E-state index in [0.29, 0.717) is 48.6 Å². The van der Waals surface area contributed by atoms with Gasteiger partial charge in [-0.15, -0.1) is 0 Å². The summed E-state index contributed by atoms with van der Waals surface area (Å²) in [6, 6.07) is 16.4. The van der Waals surface area contributed by atoms with Crippen molar-refractivity contribution in [2.24, 2.45) is 11.7 Å². The van der Waals surface area contributed by atoms with E-state index in [1.807, 2.05) is 24.3 Å². The summed E-state index contributed by atoms with van der Waals surface area (Å²) >= 11 is 0. The molecule has 2 heterocycles. The van der Waals surface area contributed by atoms with Gasteiger partial charge in [-0.3, -0.25) is 14.4 Å². The predicted molar refractivity (Wildman–Crippen MR) is 131 cm³/mol. The van der Waals surface area contributed by atoms with E-state index >= 15 is 0 Å². The van der Waals surface area contributed by atoms with Gasteiger partial charge in [-0.2, -0.15) is 0 Å². The van der Waals surface area contributed by atoms with Gasteiger partial charge in [0.25, 0.3) is 5.91 Å². The summed E-state index contributed by atoms with van der Waals surface area (Å²) in [6.07, 6.45) is 1.41. The van der Waals surface area contributed by atoms with Gasteiger partial charge in [0, 0.05) is 42.7 Å². The van der Waals surface area contributed by atoms with Crippen LogP contribution in [-0.2, 0) is 14.4 Å². The minimum absolute atomic E-state index is 0.0898. The molecule has 176 valence electrons. The zero-order valence-corrected chi connectivity index (χ0v) is 18.9. The van der Waals surface area contributed by atoms with Crippen LogP contribution in [0.25, 0.3) is 10.9 Å². The summed E-state index contributed by atoms with van der Waals surface area (Å²) in [4.78, 5) is 42.1. The van der Waals surface area contributed by atoms with Crippen molar-refractivity contribution in [1.82, 2.24) is 4.98 Å². The molecule has 9 heteroatoms. The van der Waals surface area contributed by atoms with E-state index in [9.17, 15) is 14.4 Å². The van der Waals surface area contributed by atoms with Crippen LogP contribution in [0.3, 0.4) is 0 Å². The number of rotatable bonds is 7. The molecule has 0 spiro atoms. The van der Waals surface area contributed by atoms with E-state index < -0.39 is 0 Å². The predicted octanol–water partition coefficient (Wildman–Crippen LogP) is 2.91. The topological polar surface area (TPSA) is 127 Å². The first-order valence-corrected chi connectivity index (χ1v) is 11.1. The number of primary amides is 1. The molecule has 34 heavy (non-hydrogen) atoms. The highest BCUT2D eigenvalue weighted by Gasteiger charge is 2.24. The maximum Gasteiger partial charge on any atom is 0.262 e. The molecule has 0 radical (unpaired) electrons. The van der Waals surface area contributed by atoms with Gasteiger partial charge < -0.3 is 26.0 Å². The summed E-state index contributed by atoms with van der Waals surface area (Å²) in [5.41, 5.74) is 7.25. The zero-order valence-electron chi connectivity index (χ0n) is 18.9. The van der Waals surface area contributed by atoms with Crippen molar-refractivity contribution < 1.29 is 19.1 Å². The Balaban J connectivity index is 1.43. The summed E-state index contributed by atoms with van der Waals surface area (Å²) in [5, 5.41) is 6.35. The maximum absolute atomic E-state index is 12.5. The molecular weight excluding hydrogens is 434 g/mol. The highest BCUT2D eigenvalue weighted by Crippen LogP contribution is 2.28. The first kappa shape index (κ1) is 23.0. The van der Waals surface area contributed by atoms with E-state index in [1.54, 1.807) is 30.3 Å². The first-order valence-electron chi connectivity index (χ1n) is 11.1. The van der Waals surface area contributed by atoms with Crippen LogP contribution in [0.5, 0.6) is 5.75 Å². The maximum atomic E-state index is 12.5. The number of benzene rings is 2. The van der Waals surface area contributed by atoms with Crippen LogP contribution in [0, 0.1) is 5.92 Å². The Morgan fingerprint density at radius 2 is 1.74 bits per heavy atom. The number of aromatic nitrogens is 1. The van der Waals surface area contributed by atoms with Crippen molar-refractivity contribution in [2.75, 3.05) is 35.2 Å². The number of hydrogen-bond donors (Lipinski definition) is 3. The fourth-order valence-corrected chi connectivity index (χ4v) is 4.01. The lowest BCUT2D eigenvalue weighted by Gasteiger charge is -2.31. The van der Waals surface area contributed by atoms with Gasteiger partial charge in [-0.1, -0.05) is 18.2 Å². The number of carbonyl (C=O) groups is 3. The van der Waals surface area contributed by atoms with Crippen LogP contribution < -0.4 is 26.0 Å². The minimum Gasteiger partial charge on any atom is -0.481 e. The first-order chi connectivity index (χ1) is 16.4. The Labute approximate surface area is 197 Å². The second-order valence-corrected chi connectivity index (χ2v) is 8.26. The average Bonchev–Trinajstić information content (AvgIpc) is 2.82. The summed E-state index contributed by atoms with van der Waals surface area (Å²) in [6.45, 7) is 2.63. The molecule has 0 aliphatic carbocycles. The number of para-hydroxylation sites is 1. The second-order valence-electron chi connectivity index (χ2n) is 8.26. The van der Waals surface area contributed by atoms with E-state index in [1.165, 1.54) is 6.92 Å². The van der Waals surface area contributed by atoms with Crippen LogP contribution in [-0.4, -0.2) is 42.4 Å². The van der Waals surface area contributed by atoms with Crippen molar-refractivity contribution in [3.05, 3.63) is 54.6 Å². The Kier molecular flexibility index (Phi) is 6.91. The van der Waals surface area contributed by atoms with Crippen molar-refractivity contribution >= 4 is 45.8 Å². The molecule has 3 aromatic rings. The Bertz CT molecular complexity index is 1220. The average molecular weight is 462 g/mol. The van der Waals surface area contributed by atoms with E-state index in [-0.39, 0.29) is 30.2 Å². The fourth-order valence-electron chi connectivity index (χ4n) is 4.01. The number of hydrogen-bond acceptors (Lipinski definition) is 6. The third kappa shape index (κ3) is 5.61. The van der Waals surface area contributed by atoms with Crippen LogP contribution >= 0.6 is 0 Å². The molecule has 0 atom stereocenters. The number of nitrogens with one attached hydrogen (secondary N) is 2. The number of anilines is 3. The van der Waals surface area contributed by atoms with Crippen molar-refractivity contribution in [1.29, 1.82) is 0 Å². The van der Waals surface area contributed by atoms with E-state index in [2.05, 4.69) is 15.5 Å². The van der Waals surface area contributed by atoms with E-state index in [4.69, 9.17) is 15.5 Å². The largest absolute Gasteiger partial charge is 0.481 e. The van der Waals surface area contributed by atoms with Crippen molar-refractivity contribution in [2.45, 2.75) is 19.8 Å². The Hall–Kier alpha value is -4.14. The number of fused-ring (bicyclic) bond motifs is 1. The number of carbonyl (C=O) groups excluding carboxylic acids is 3. The minimum atomic E-state index is -0.332. The number of pyridine rings is 1. The Morgan fingerprint density at radius 1 is 1.03 bits per heavy atom. The van der Waals surface area contributed by atoms with Gasteiger partial charge in [0.1, 0.15) is 17.1 Å². The number of piperidine rings is 1. The van der Waals surface area contributed by atoms with Crippen molar-refractivity contribution in [3.63, 3.8) is 0 Å². The van der Waals surface area contributed by atoms with Gasteiger partial charge in [-0.05, 0) is 49.2 Å². The van der Waals surface area contributed by atoms with Crippen LogP contribution in [0.2, 0.25) is 0 Å². The lowest BCUT2D eigenvalue weighted by molar-refractivity contribution is -0.122. The number of ether oxygens (including phenoxy) is 1. The lowest BCUT2D eigenvalue weighted by Crippen LogP contribution is -2.38. The number of nitrogens with two attached hydrogens (primary N) is 1. The molecule has 2 aromatic carbocycles. The second kappa shape index (κ2) is 10.2. The molecule has 1 aliphatic rings. The SMILES string of the molecule is CC(=O)Nc1cccc(NC(=O)COc2cccc3ccc(N4CCC(C(N)=O)CC4)nc23)c1. The molecule has 9 nitrogen and oxygen atoms in total. The van der Waals surface area contributed by atoms with Gasteiger partial charge >= 0.3 is 0 Å². The lowest BCUT2D eigenvalue weighted by atomic mass is 9.96. The quantitative estimate of drug-likeness (QED) is 0.497. The molecule has 1 aromatic heterocycles. The third-order valence-corrected chi connectivity index (χ3v) is 5.72. The highest BCUT2D eigenvalue weighted by atomic mass is 16.5. The summed E-state index contributed by atoms with van der Waals surface area (Å²) < 4.78 is 5.81. The monoisotopic (exact) mass is 461 g/mol. The number of nitrogens with zero attached hydrogens (tertiary/aromatic N) is 2. The number of amides is 3. The molecule has 4 N–H and O–H groups in total. The zero-order chi connectivity index (χ0) is 24.1. The third-order valence-electron chi connectivity index (χ3n) is 5.72. The normalized spacial score (nSPS) is 14.0. The van der Waals surface area contributed by atoms with Gasteiger partial charge in [0.2, 0.25) is 11.8 Å². The standard InChI is InChI=1S/C25H27N5O4/c1-16(31)27-19-5-3-6-20(14-19)28-23(32)15-34-21-7-2-4-17-8-9-22(29-24(17)21)30-12-10-18(11-13-30)25(26)33/h2-9,14,18H,10-13,15H2,1H3,(H2,26,33)(H,27,31)(H,28,32). The molecule has 1 aliphatic heterocycles. The van der Waals surface area contributed by atoms with Crippen LogP contribution in [0.4, 0.5) is 17.2 Å². The fraction of sp³-hybridized carbons (Fsp3) is 0.280. The van der Waals surface area contributed by atoms with E-state index in [0.717, 1.165) is 11.2 Å². The summed E-state index contributed by atoms with van der Waals surface area (Å²) in [7, 11) is 0. The highest BCUT2D eigenvalue weighted by molar-refractivity contribution is 5.94. The smallest absolute Gasteiger partial charge is 0.262 e. The van der Waals surface area contributed by atoms with Gasteiger partial charge in [0.15, 0.2) is 6.61 Å². The van der Waals surface area contributed by atoms with Gasteiger partial charge in [-0.25, -0.2) is 4.98 Å². The molecule has 0 saturated carbocycles. The molecular formula is C25H27N5O4. The van der Waals surface area contributed by atoms with Crippen LogP contribution in [0.1, 0.15) is 19.8 Å². The molecule has 0 unspecified atom stereocenters. The van der Waals surface area contributed by atoms with Crippen LogP contribution in [0.15, 0.2) is 54.6 Å². The molecule has 4 rings (SSSR count). The molecule has 3 amide bonds. The van der Waals surface area contributed by atoms with Crippen molar-refractivity contribution in [3.8, 4) is 5.75 Å².